The maximum atomic E-state index is 4.34. The minimum atomic E-state index is 0.597. The summed E-state index contributed by atoms with van der Waals surface area (Å²) in [5.41, 5.74) is 0. The van der Waals surface area contributed by atoms with Crippen molar-refractivity contribution in [3.63, 3.8) is 0 Å². The van der Waals surface area contributed by atoms with Crippen molar-refractivity contribution in [2.24, 2.45) is 10.9 Å². The highest BCUT2D eigenvalue weighted by Gasteiger charge is 2.12. The van der Waals surface area contributed by atoms with Crippen LogP contribution in [0.3, 0.4) is 0 Å². The van der Waals surface area contributed by atoms with Gasteiger partial charge in [0.15, 0.2) is 0 Å². The smallest absolute Gasteiger partial charge is 0.0927 e. The summed E-state index contributed by atoms with van der Waals surface area (Å²) in [5.74, 6) is 0.749. The van der Waals surface area contributed by atoms with Gasteiger partial charge in [-0.3, -0.25) is 4.99 Å². The van der Waals surface area contributed by atoms with E-state index in [4.69, 9.17) is 0 Å². The van der Waals surface area contributed by atoms with Crippen LogP contribution in [0.15, 0.2) is 34.7 Å². The molecule has 0 bridgehead atoms. The van der Waals surface area contributed by atoms with Crippen molar-refractivity contribution < 1.29 is 0 Å². The zero-order chi connectivity index (χ0) is 11.9. The first-order valence-corrected chi connectivity index (χ1v) is 7.70. The highest BCUT2D eigenvalue weighted by Crippen LogP contribution is 2.23. The van der Waals surface area contributed by atoms with Crippen LogP contribution in [0.4, 0.5) is 0 Å². The van der Waals surface area contributed by atoms with E-state index in [1.54, 1.807) is 23.3 Å². The largest absolute Gasteiger partial charge is 0.320 e. The lowest BCUT2D eigenvalue weighted by atomic mass is 9.98. The maximum Gasteiger partial charge on any atom is 0.0927 e. The van der Waals surface area contributed by atoms with Crippen LogP contribution in [0.1, 0.15) is 24.6 Å². The zero-order valence-electron chi connectivity index (χ0n) is 10.0. The number of thiophene rings is 1. The molecule has 0 saturated heterocycles. The van der Waals surface area contributed by atoms with Gasteiger partial charge in [0, 0.05) is 10.1 Å². The minimum Gasteiger partial charge on any atom is -0.320 e. The summed E-state index contributed by atoms with van der Waals surface area (Å²) < 4.78 is 3.21. The molecule has 1 heterocycles. The lowest BCUT2D eigenvalue weighted by molar-refractivity contribution is 0.590. The molecular formula is C13H18N2S2. The predicted molar refractivity (Wildman–Crippen MR) is 78.6 cm³/mol. The van der Waals surface area contributed by atoms with Gasteiger partial charge in [-0.05, 0) is 42.2 Å². The Morgan fingerprint density at radius 2 is 2.47 bits per heavy atom. The van der Waals surface area contributed by atoms with Gasteiger partial charge in [0.05, 0.1) is 12.9 Å². The van der Waals surface area contributed by atoms with Crippen molar-refractivity contribution in [3.05, 3.63) is 34.5 Å². The van der Waals surface area contributed by atoms with Crippen molar-refractivity contribution in [2.45, 2.75) is 31.6 Å². The van der Waals surface area contributed by atoms with Gasteiger partial charge in [-0.1, -0.05) is 25.1 Å². The lowest BCUT2D eigenvalue weighted by Crippen LogP contribution is -2.13. The molecule has 0 spiro atoms. The second-order valence-electron chi connectivity index (χ2n) is 4.26. The van der Waals surface area contributed by atoms with Crippen molar-refractivity contribution in [1.29, 1.82) is 0 Å². The van der Waals surface area contributed by atoms with Crippen LogP contribution in [0.2, 0.25) is 0 Å². The normalized spacial score (nSPS) is 24.3. The fourth-order valence-electron chi connectivity index (χ4n) is 1.72. The zero-order valence-corrected chi connectivity index (χ0v) is 11.6. The van der Waals surface area contributed by atoms with E-state index in [0.29, 0.717) is 5.25 Å². The van der Waals surface area contributed by atoms with E-state index >= 15 is 0 Å². The van der Waals surface area contributed by atoms with Crippen LogP contribution in [-0.2, 0) is 6.54 Å². The first kappa shape index (κ1) is 12.7. The summed E-state index contributed by atoms with van der Waals surface area (Å²) in [6.45, 7) is 3.05. The topological polar surface area (TPSA) is 24.4 Å². The van der Waals surface area contributed by atoms with Crippen molar-refractivity contribution in [2.75, 3.05) is 0 Å². The van der Waals surface area contributed by atoms with Crippen LogP contribution in [0, 0.1) is 5.92 Å². The van der Waals surface area contributed by atoms with Crippen molar-refractivity contribution >= 4 is 29.6 Å². The predicted octanol–water partition coefficient (Wildman–Crippen LogP) is 3.87. The molecule has 17 heavy (non-hydrogen) atoms. The monoisotopic (exact) mass is 266 g/mol. The van der Waals surface area contributed by atoms with Crippen molar-refractivity contribution in [1.82, 2.24) is 4.72 Å². The SMILES string of the molecule is CC1C=CC(SN/C=N\Cc2cccs2)CC1. The summed E-state index contributed by atoms with van der Waals surface area (Å²) in [6.07, 6.45) is 8.98. The molecular weight excluding hydrogens is 248 g/mol. The summed E-state index contributed by atoms with van der Waals surface area (Å²) in [6, 6.07) is 4.17. The molecule has 92 valence electrons. The van der Waals surface area contributed by atoms with Crippen LogP contribution in [0.5, 0.6) is 0 Å². The lowest BCUT2D eigenvalue weighted by Gasteiger charge is -2.18. The van der Waals surface area contributed by atoms with E-state index in [1.807, 2.05) is 6.34 Å². The Bertz CT molecular complexity index is 371. The molecule has 0 saturated carbocycles. The second-order valence-corrected chi connectivity index (χ2v) is 6.37. The summed E-state index contributed by atoms with van der Waals surface area (Å²) in [5, 5.41) is 2.68. The molecule has 0 fully saturated rings. The molecule has 1 aromatic rings. The molecule has 1 aromatic heterocycles. The molecule has 1 N–H and O–H groups in total. The number of aliphatic imine (C=N–C) groups is 1. The summed E-state index contributed by atoms with van der Waals surface area (Å²) >= 11 is 3.50. The van der Waals surface area contributed by atoms with E-state index in [1.165, 1.54) is 17.7 Å². The van der Waals surface area contributed by atoms with Gasteiger partial charge >= 0.3 is 0 Å². The molecule has 2 atom stereocenters. The highest BCUT2D eigenvalue weighted by molar-refractivity contribution is 7.98. The maximum absolute atomic E-state index is 4.34. The second kappa shape index (κ2) is 6.87. The quantitative estimate of drug-likeness (QED) is 0.379. The average Bonchev–Trinajstić information content (AvgIpc) is 2.84. The third kappa shape index (κ3) is 4.56. The number of allylic oxidation sites excluding steroid dienone is 1. The third-order valence-corrected chi connectivity index (χ3v) is 4.55. The molecule has 0 aliphatic heterocycles. The number of nitrogens with one attached hydrogen (secondary N) is 1. The molecule has 2 unspecified atom stereocenters. The molecule has 4 heteroatoms. The number of rotatable bonds is 5. The van der Waals surface area contributed by atoms with E-state index < -0.39 is 0 Å². The minimum absolute atomic E-state index is 0.597. The molecule has 2 nitrogen and oxygen atoms in total. The Kier molecular flexibility index (Phi) is 5.13. The molecule has 0 radical (unpaired) electrons. The van der Waals surface area contributed by atoms with Crippen LogP contribution in [0.25, 0.3) is 0 Å². The fraction of sp³-hybridized carbons (Fsp3) is 0.462. The van der Waals surface area contributed by atoms with Gasteiger partial charge in [-0.25, -0.2) is 0 Å². The van der Waals surface area contributed by atoms with E-state index in [0.717, 1.165) is 12.5 Å². The van der Waals surface area contributed by atoms with E-state index in [2.05, 4.69) is 46.3 Å². The van der Waals surface area contributed by atoms with E-state index in [-0.39, 0.29) is 0 Å². The Hall–Kier alpha value is -0.740. The van der Waals surface area contributed by atoms with Crippen LogP contribution in [-0.4, -0.2) is 11.6 Å². The number of hydrogen-bond donors (Lipinski definition) is 1. The van der Waals surface area contributed by atoms with E-state index in [9.17, 15) is 0 Å². The number of nitrogens with zero attached hydrogens (tertiary/aromatic N) is 1. The molecule has 0 aromatic carbocycles. The van der Waals surface area contributed by atoms with Gasteiger partial charge in [-0.2, -0.15) is 0 Å². The van der Waals surface area contributed by atoms with Gasteiger partial charge in [0.2, 0.25) is 0 Å². The first-order valence-electron chi connectivity index (χ1n) is 5.95. The van der Waals surface area contributed by atoms with Gasteiger partial charge in [0.1, 0.15) is 0 Å². The summed E-state index contributed by atoms with van der Waals surface area (Å²) in [7, 11) is 0. The van der Waals surface area contributed by atoms with Gasteiger partial charge in [-0.15, -0.1) is 11.3 Å². The Balaban J connectivity index is 1.63. The first-order chi connectivity index (χ1) is 8.34. The third-order valence-electron chi connectivity index (χ3n) is 2.75. The Labute approximate surface area is 111 Å². The highest BCUT2D eigenvalue weighted by atomic mass is 32.2. The van der Waals surface area contributed by atoms with Crippen LogP contribution >= 0.6 is 23.3 Å². The Morgan fingerprint density at radius 3 is 3.18 bits per heavy atom. The molecule has 2 rings (SSSR count). The van der Waals surface area contributed by atoms with Crippen molar-refractivity contribution in [3.8, 4) is 0 Å². The van der Waals surface area contributed by atoms with Gasteiger partial charge < -0.3 is 4.72 Å². The Morgan fingerprint density at radius 1 is 1.53 bits per heavy atom. The molecule has 0 amide bonds. The molecule has 1 aliphatic carbocycles. The summed E-state index contributed by atoms with van der Waals surface area (Å²) in [4.78, 5) is 5.65. The van der Waals surface area contributed by atoms with Gasteiger partial charge in [0.25, 0.3) is 0 Å². The van der Waals surface area contributed by atoms with Crippen LogP contribution < -0.4 is 4.72 Å². The standard InChI is InChI=1S/C13H18N2S2/c1-11-4-6-12(7-5-11)17-15-10-14-9-13-3-2-8-16-13/h2-4,6,8,10-12H,5,7,9H2,1H3,(H,14,15). The number of hydrogen-bond acceptors (Lipinski definition) is 3. The average molecular weight is 266 g/mol. The molecule has 1 aliphatic rings. The fourth-order valence-corrected chi connectivity index (χ4v) is 3.10.